The molecule has 2 rings (SSSR count). The molecule has 0 saturated heterocycles. The van der Waals surface area contributed by atoms with Crippen molar-refractivity contribution in [1.29, 1.82) is 0 Å². The Morgan fingerprint density at radius 2 is 2.07 bits per heavy atom. The number of hydrogen-bond acceptors (Lipinski definition) is 2. The van der Waals surface area contributed by atoms with Crippen molar-refractivity contribution in [2.24, 2.45) is 0 Å². The molecule has 1 aliphatic rings. The normalized spacial score (nSPS) is 24.9. The first-order valence-electron chi connectivity index (χ1n) is 4.89. The lowest BCUT2D eigenvalue weighted by Gasteiger charge is -2.29. The monoisotopic (exact) mass is 189 g/mol. The van der Waals surface area contributed by atoms with Crippen LogP contribution < -0.4 is 5.32 Å². The van der Waals surface area contributed by atoms with E-state index in [0.29, 0.717) is 0 Å². The lowest BCUT2D eigenvalue weighted by Crippen LogP contribution is -2.42. The minimum atomic E-state index is -0.825. The highest BCUT2D eigenvalue weighted by molar-refractivity contribution is 5.27. The summed E-state index contributed by atoms with van der Waals surface area (Å²) in [5.74, 6) is 0. The van der Waals surface area contributed by atoms with E-state index in [2.05, 4.69) is 5.32 Å². The molecular weight excluding hydrogens is 174 g/mol. The second-order valence-electron chi connectivity index (χ2n) is 3.83. The average Bonchev–Trinajstić information content (AvgIpc) is 2.72. The van der Waals surface area contributed by atoms with Crippen LogP contribution >= 0.6 is 0 Å². The first-order chi connectivity index (χ1) is 6.71. The fraction of sp³-hybridized carbons (Fsp3) is 0.333. The number of nitrogens with one attached hydrogen (secondary N) is 1. The van der Waals surface area contributed by atoms with Crippen molar-refractivity contribution >= 4 is 0 Å². The average molecular weight is 189 g/mol. The van der Waals surface area contributed by atoms with Crippen molar-refractivity contribution in [3.05, 3.63) is 48.0 Å². The SMILES string of the molecule is CC(O)(c1ccccc1)C1C=CCN1. The Bertz CT molecular complexity index is 329. The van der Waals surface area contributed by atoms with Crippen LogP contribution in [0.1, 0.15) is 12.5 Å². The molecule has 0 radical (unpaired) electrons. The van der Waals surface area contributed by atoms with Crippen LogP contribution in [-0.4, -0.2) is 17.7 Å². The molecule has 0 aliphatic carbocycles. The molecule has 0 amide bonds. The van der Waals surface area contributed by atoms with Gasteiger partial charge in [0.05, 0.1) is 6.04 Å². The summed E-state index contributed by atoms with van der Waals surface area (Å²) in [6.07, 6.45) is 4.06. The van der Waals surface area contributed by atoms with Gasteiger partial charge in [0.25, 0.3) is 0 Å². The van der Waals surface area contributed by atoms with Crippen LogP contribution in [0.15, 0.2) is 42.5 Å². The van der Waals surface area contributed by atoms with Gasteiger partial charge in [-0.3, -0.25) is 0 Å². The third-order valence-corrected chi connectivity index (χ3v) is 2.75. The molecule has 0 fully saturated rings. The van der Waals surface area contributed by atoms with Gasteiger partial charge in [-0.15, -0.1) is 0 Å². The minimum absolute atomic E-state index is 0.0184. The molecule has 14 heavy (non-hydrogen) atoms. The first kappa shape index (κ1) is 9.44. The van der Waals surface area contributed by atoms with E-state index in [1.54, 1.807) is 0 Å². The number of rotatable bonds is 2. The Hall–Kier alpha value is -1.12. The highest BCUT2D eigenvalue weighted by atomic mass is 16.3. The summed E-state index contributed by atoms with van der Waals surface area (Å²) in [6, 6.07) is 9.77. The van der Waals surface area contributed by atoms with Crippen molar-refractivity contribution in [3.8, 4) is 0 Å². The minimum Gasteiger partial charge on any atom is -0.383 e. The number of aliphatic hydroxyl groups is 1. The third kappa shape index (κ3) is 1.59. The molecule has 2 unspecified atom stereocenters. The van der Waals surface area contributed by atoms with Crippen molar-refractivity contribution in [2.45, 2.75) is 18.6 Å². The summed E-state index contributed by atoms with van der Waals surface area (Å²) in [7, 11) is 0. The summed E-state index contributed by atoms with van der Waals surface area (Å²) in [5, 5.41) is 13.6. The van der Waals surface area contributed by atoms with Crippen molar-refractivity contribution in [2.75, 3.05) is 6.54 Å². The van der Waals surface area contributed by atoms with Crippen LogP contribution in [0.4, 0.5) is 0 Å². The van der Waals surface area contributed by atoms with E-state index >= 15 is 0 Å². The van der Waals surface area contributed by atoms with E-state index in [0.717, 1.165) is 12.1 Å². The standard InChI is InChI=1S/C12H15NO/c1-12(14,11-8-5-9-13-11)10-6-3-2-4-7-10/h2-8,11,13-14H,9H2,1H3. The highest BCUT2D eigenvalue weighted by Gasteiger charge is 2.32. The first-order valence-corrected chi connectivity index (χ1v) is 4.89. The number of benzene rings is 1. The molecule has 0 saturated carbocycles. The lowest BCUT2D eigenvalue weighted by molar-refractivity contribution is 0.0351. The summed E-state index contributed by atoms with van der Waals surface area (Å²) in [6.45, 7) is 2.68. The van der Waals surface area contributed by atoms with E-state index in [9.17, 15) is 5.11 Å². The van der Waals surface area contributed by atoms with E-state index in [1.165, 1.54) is 0 Å². The largest absolute Gasteiger partial charge is 0.383 e. The molecular formula is C12H15NO. The summed E-state index contributed by atoms with van der Waals surface area (Å²) in [5.41, 5.74) is 0.123. The molecule has 1 aromatic rings. The third-order valence-electron chi connectivity index (χ3n) is 2.75. The molecule has 2 N–H and O–H groups in total. The summed E-state index contributed by atoms with van der Waals surface area (Å²) in [4.78, 5) is 0. The van der Waals surface area contributed by atoms with Gasteiger partial charge >= 0.3 is 0 Å². The predicted octanol–water partition coefficient (Wildman–Crippen LogP) is 1.42. The molecule has 0 spiro atoms. The van der Waals surface area contributed by atoms with Gasteiger partial charge in [0.15, 0.2) is 0 Å². The molecule has 1 aromatic carbocycles. The fourth-order valence-electron chi connectivity index (χ4n) is 1.81. The van der Waals surface area contributed by atoms with Crippen LogP contribution in [0.25, 0.3) is 0 Å². The topological polar surface area (TPSA) is 32.3 Å². The maximum atomic E-state index is 10.4. The van der Waals surface area contributed by atoms with Crippen LogP contribution in [-0.2, 0) is 5.60 Å². The Kier molecular flexibility index (Phi) is 2.40. The maximum absolute atomic E-state index is 10.4. The lowest BCUT2D eigenvalue weighted by atomic mass is 9.89. The zero-order valence-electron chi connectivity index (χ0n) is 8.27. The van der Waals surface area contributed by atoms with Gasteiger partial charge in [0.1, 0.15) is 5.60 Å². The molecule has 1 aliphatic heterocycles. The Labute approximate surface area is 84.3 Å². The van der Waals surface area contributed by atoms with E-state index < -0.39 is 5.60 Å². The van der Waals surface area contributed by atoms with Crippen LogP contribution in [0.3, 0.4) is 0 Å². The molecule has 2 nitrogen and oxygen atoms in total. The van der Waals surface area contributed by atoms with Crippen LogP contribution in [0, 0.1) is 0 Å². The van der Waals surface area contributed by atoms with Gasteiger partial charge in [0.2, 0.25) is 0 Å². The summed E-state index contributed by atoms with van der Waals surface area (Å²) >= 11 is 0. The molecule has 0 bridgehead atoms. The van der Waals surface area contributed by atoms with Crippen molar-refractivity contribution in [1.82, 2.24) is 5.32 Å². The smallest absolute Gasteiger partial charge is 0.106 e. The van der Waals surface area contributed by atoms with E-state index in [1.807, 2.05) is 49.4 Å². The van der Waals surface area contributed by atoms with E-state index in [-0.39, 0.29) is 6.04 Å². The second kappa shape index (κ2) is 3.56. The van der Waals surface area contributed by atoms with Gasteiger partial charge in [0, 0.05) is 6.54 Å². The predicted molar refractivity (Wildman–Crippen MR) is 56.9 cm³/mol. The highest BCUT2D eigenvalue weighted by Crippen LogP contribution is 2.26. The number of hydrogen-bond donors (Lipinski definition) is 2. The quantitative estimate of drug-likeness (QED) is 0.690. The van der Waals surface area contributed by atoms with Gasteiger partial charge < -0.3 is 10.4 Å². The zero-order chi connectivity index (χ0) is 10.0. The molecule has 74 valence electrons. The maximum Gasteiger partial charge on any atom is 0.106 e. The van der Waals surface area contributed by atoms with Gasteiger partial charge in [-0.2, -0.15) is 0 Å². The molecule has 2 heteroatoms. The summed E-state index contributed by atoms with van der Waals surface area (Å²) < 4.78 is 0. The van der Waals surface area contributed by atoms with Crippen molar-refractivity contribution in [3.63, 3.8) is 0 Å². The van der Waals surface area contributed by atoms with Crippen LogP contribution in [0.2, 0.25) is 0 Å². The van der Waals surface area contributed by atoms with Gasteiger partial charge in [-0.25, -0.2) is 0 Å². The van der Waals surface area contributed by atoms with Gasteiger partial charge in [-0.1, -0.05) is 42.5 Å². The van der Waals surface area contributed by atoms with Gasteiger partial charge in [-0.05, 0) is 12.5 Å². The Balaban J connectivity index is 2.27. The van der Waals surface area contributed by atoms with Crippen molar-refractivity contribution < 1.29 is 5.11 Å². The molecule has 0 aromatic heterocycles. The Morgan fingerprint density at radius 3 is 2.64 bits per heavy atom. The fourth-order valence-corrected chi connectivity index (χ4v) is 1.81. The molecule has 2 atom stereocenters. The van der Waals surface area contributed by atoms with Crippen LogP contribution in [0.5, 0.6) is 0 Å². The Morgan fingerprint density at radius 1 is 1.36 bits per heavy atom. The second-order valence-corrected chi connectivity index (χ2v) is 3.83. The van der Waals surface area contributed by atoms with E-state index in [4.69, 9.17) is 0 Å². The zero-order valence-corrected chi connectivity index (χ0v) is 8.27. The molecule has 1 heterocycles.